The fourth-order valence-electron chi connectivity index (χ4n) is 8.35. The lowest BCUT2D eigenvalue weighted by Gasteiger charge is -2.61. The van der Waals surface area contributed by atoms with Crippen molar-refractivity contribution in [3.63, 3.8) is 0 Å². The highest BCUT2D eigenvalue weighted by Gasteiger charge is 2.62. The molecule has 5 aliphatic rings. The van der Waals surface area contributed by atoms with Gasteiger partial charge in [0.1, 0.15) is 0 Å². The molecule has 0 bridgehead atoms. The first-order valence-corrected chi connectivity index (χ1v) is 11.2. The molecular weight excluding hydrogens is 324 g/mol. The molecule has 5 rings (SSSR count). The average Bonchev–Trinajstić information content (AvgIpc) is 2.89. The minimum Gasteiger partial charge on any atom is -0.392 e. The number of fused-ring (bicyclic) bond motifs is 4. The Kier molecular flexibility index (Phi) is 4.49. The van der Waals surface area contributed by atoms with Crippen molar-refractivity contribution >= 4 is 0 Å². The molecule has 0 radical (unpaired) electrons. The van der Waals surface area contributed by atoms with Crippen LogP contribution in [0.1, 0.15) is 64.7 Å². The summed E-state index contributed by atoms with van der Waals surface area (Å²) >= 11 is 0. The van der Waals surface area contributed by atoms with Crippen molar-refractivity contribution in [2.45, 2.75) is 70.8 Å². The van der Waals surface area contributed by atoms with Crippen LogP contribution < -0.4 is 0 Å². The highest BCUT2D eigenvalue weighted by molar-refractivity contribution is 5.22. The summed E-state index contributed by atoms with van der Waals surface area (Å²) in [6.07, 6.45) is 14.6. The van der Waals surface area contributed by atoms with Gasteiger partial charge in [0, 0.05) is 5.41 Å². The summed E-state index contributed by atoms with van der Waals surface area (Å²) in [6.45, 7) is 5.29. The molecule has 1 heterocycles. The molecule has 0 aromatic rings. The van der Waals surface area contributed by atoms with Crippen molar-refractivity contribution in [2.24, 2.45) is 34.5 Å². The molecule has 1 spiro atoms. The number of aliphatic hydroxyl groups excluding tert-OH is 1. The summed E-state index contributed by atoms with van der Waals surface area (Å²) < 4.78 is 12.4. The van der Waals surface area contributed by atoms with Crippen molar-refractivity contribution < 1.29 is 14.6 Å². The van der Waals surface area contributed by atoms with E-state index in [0.29, 0.717) is 11.5 Å². The van der Waals surface area contributed by atoms with Gasteiger partial charge in [0.25, 0.3) is 0 Å². The summed E-state index contributed by atoms with van der Waals surface area (Å²) in [7, 11) is 0. The summed E-state index contributed by atoms with van der Waals surface area (Å²) in [5.74, 6) is 3.11. The van der Waals surface area contributed by atoms with E-state index in [1.807, 2.05) is 0 Å². The van der Waals surface area contributed by atoms with E-state index in [9.17, 15) is 5.11 Å². The molecule has 26 heavy (non-hydrogen) atoms. The fraction of sp³-hybridized carbons (Fsp3) is 0.913. The predicted molar refractivity (Wildman–Crippen MR) is 102 cm³/mol. The van der Waals surface area contributed by atoms with Gasteiger partial charge >= 0.3 is 0 Å². The van der Waals surface area contributed by atoms with Crippen molar-refractivity contribution in [1.82, 2.24) is 0 Å². The van der Waals surface area contributed by atoms with Crippen LogP contribution in [0, 0.1) is 34.5 Å². The first-order chi connectivity index (χ1) is 12.7. The molecule has 1 aliphatic heterocycles. The van der Waals surface area contributed by atoms with E-state index in [4.69, 9.17) is 9.47 Å². The monoisotopic (exact) mass is 360 g/mol. The second kappa shape index (κ2) is 6.60. The van der Waals surface area contributed by atoms with Gasteiger partial charge in [-0.05, 0) is 74.0 Å². The number of rotatable bonds is 1. The Bertz CT molecular complexity index is 572. The van der Waals surface area contributed by atoms with Gasteiger partial charge in [0.2, 0.25) is 0 Å². The van der Waals surface area contributed by atoms with Crippen LogP contribution in [0.5, 0.6) is 0 Å². The molecule has 0 aromatic heterocycles. The Balaban J connectivity index is 1.51. The highest BCUT2D eigenvalue weighted by atomic mass is 16.5. The average molecular weight is 361 g/mol. The van der Waals surface area contributed by atoms with Crippen LogP contribution in [0.2, 0.25) is 0 Å². The second-order valence-corrected chi connectivity index (χ2v) is 10.1. The molecule has 2 unspecified atom stereocenters. The molecule has 5 fully saturated rings. The molecule has 3 heteroatoms. The molecule has 0 amide bonds. The number of aliphatic hydroxyl groups is 1. The van der Waals surface area contributed by atoms with Crippen LogP contribution in [-0.4, -0.2) is 37.6 Å². The Morgan fingerprint density at radius 3 is 2.88 bits per heavy atom. The van der Waals surface area contributed by atoms with Crippen molar-refractivity contribution in [2.75, 3.05) is 26.4 Å². The third-order valence-corrected chi connectivity index (χ3v) is 9.37. The van der Waals surface area contributed by atoms with Crippen LogP contribution >= 0.6 is 0 Å². The fourth-order valence-corrected chi connectivity index (χ4v) is 8.35. The molecular formula is C23H36O3. The minimum atomic E-state index is 0.212. The number of hydrogen-bond acceptors (Lipinski definition) is 3. The van der Waals surface area contributed by atoms with Crippen LogP contribution in [0.15, 0.2) is 11.6 Å². The zero-order valence-electron chi connectivity index (χ0n) is 16.4. The first-order valence-electron chi connectivity index (χ1n) is 11.2. The zero-order chi connectivity index (χ0) is 17.8. The quantitative estimate of drug-likeness (QED) is 0.707. The predicted octanol–water partition coefficient (Wildman–Crippen LogP) is 4.34. The van der Waals surface area contributed by atoms with Crippen LogP contribution in [0.3, 0.4) is 0 Å². The SMILES string of the molecule is C[C@]12CCCCC1/C(=C/CO)C[C@H]1[C@@H]3CCC4OCCOC[C@@]43CC[C@@H]12. The molecule has 0 aromatic carbocycles. The van der Waals surface area contributed by atoms with Gasteiger partial charge in [-0.1, -0.05) is 31.4 Å². The van der Waals surface area contributed by atoms with E-state index in [-0.39, 0.29) is 12.0 Å². The normalized spacial score (nSPS) is 52.5. The molecule has 146 valence electrons. The first kappa shape index (κ1) is 17.7. The maximum atomic E-state index is 9.68. The minimum absolute atomic E-state index is 0.212. The van der Waals surface area contributed by atoms with Crippen molar-refractivity contribution in [3.8, 4) is 0 Å². The Morgan fingerprint density at radius 2 is 2.00 bits per heavy atom. The summed E-state index contributed by atoms with van der Waals surface area (Å²) in [5, 5.41) is 9.68. The smallest absolute Gasteiger partial charge is 0.0704 e. The lowest BCUT2D eigenvalue weighted by molar-refractivity contribution is -0.126. The zero-order valence-corrected chi connectivity index (χ0v) is 16.4. The van der Waals surface area contributed by atoms with Crippen molar-refractivity contribution in [1.29, 1.82) is 0 Å². The number of hydrogen-bond donors (Lipinski definition) is 1. The van der Waals surface area contributed by atoms with Crippen molar-refractivity contribution in [3.05, 3.63) is 11.6 Å². The van der Waals surface area contributed by atoms with Gasteiger partial charge in [-0.15, -0.1) is 0 Å². The number of ether oxygens (including phenoxy) is 2. The topological polar surface area (TPSA) is 38.7 Å². The maximum Gasteiger partial charge on any atom is 0.0704 e. The van der Waals surface area contributed by atoms with Gasteiger partial charge in [-0.2, -0.15) is 0 Å². The summed E-state index contributed by atoms with van der Waals surface area (Å²) in [6, 6.07) is 0. The van der Waals surface area contributed by atoms with E-state index in [1.165, 1.54) is 57.8 Å². The van der Waals surface area contributed by atoms with Gasteiger partial charge < -0.3 is 14.6 Å². The van der Waals surface area contributed by atoms with E-state index in [2.05, 4.69) is 13.0 Å². The van der Waals surface area contributed by atoms with Gasteiger partial charge in [0.15, 0.2) is 0 Å². The van der Waals surface area contributed by atoms with E-state index in [1.54, 1.807) is 5.57 Å². The molecule has 1 saturated heterocycles. The van der Waals surface area contributed by atoms with Crippen LogP contribution in [0.4, 0.5) is 0 Å². The molecule has 4 saturated carbocycles. The van der Waals surface area contributed by atoms with E-state index in [0.717, 1.165) is 43.5 Å². The summed E-state index contributed by atoms with van der Waals surface area (Å²) in [4.78, 5) is 0. The Morgan fingerprint density at radius 1 is 1.08 bits per heavy atom. The molecule has 1 N–H and O–H groups in total. The third-order valence-electron chi connectivity index (χ3n) is 9.37. The van der Waals surface area contributed by atoms with Gasteiger partial charge in [-0.3, -0.25) is 0 Å². The van der Waals surface area contributed by atoms with Gasteiger partial charge in [0.05, 0.1) is 32.5 Å². The maximum absolute atomic E-state index is 9.68. The Labute approximate surface area is 158 Å². The standard InChI is InChI=1S/C23H36O3/c1-22-9-3-2-4-18(22)16(8-11-24)14-17-19(22)7-10-23-15-25-12-13-26-21(23)6-5-20(17)23/h8,17-21,24H,2-7,9-15H2,1H3/b16-8+/t17-,18?,19+,20+,21?,22+,23-/m1/s1. The van der Waals surface area contributed by atoms with E-state index >= 15 is 0 Å². The second-order valence-electron chi connectivity index (χ2n) is 10.1. The lowest BCUT2D eigenvalue weighted by Crippen LogP contribution is -2.55. The highest BCUT2D eigenvalue weighted by Crippen LogP contribution is 2.67. The lowest BCUT2D eigenvalue weighted by atomic mass is 9.44. The van der Waals surface area contributed by atoms with Crippen LogP contribution in [0.25, 0.3) is 0 Å². The van der Waals surface area contributed by atoms with Crippen LogP contribution in [-0.2, 0) is 9.47 Å². The van der Waals surface area contributed by atoms with E-state index < -0.39 is 0 Å². The van der Waals surface area contributed by atoms with Gasteiger partial charge in [-0.25, -0.2) is 0 Å². The molecule has 7 atom stereocenters. The number of allylic oxidation sites excluding steroid dienone is 1. The largest absolute Gasteiger partial charge is 0.392 e. The molecule has 4 aliphatic carbocycles. The Hall–Kier alpha value is -0.380. The molecule has 3 nitrogen and oxygen atoms in total. The summed E-state index contributed by atoms with van der Waals surface area (Å²) in [5.41, 5.74) is 2.32. The third kappa shape index (κ3) is 2.42.